The molecule has 0 radical (unpaired) electrons. The van der Waals surface area contributed by atoms with E-state index >= 15 is 0 Å². The molecular formula is C16H25N3O3. The quantitative estimate of drug-likeness (QED) is 0.684. The molecule has 0 bridgehead atoms. The highest BCUT2D eigenvalue weighted by Gasteiger charge is 2.12. The highest BCUT2D eigenvalue weighted by atomic mass is 16.5. The van der Waals surface area contributed by atoms with Crippen LogP contribution in [-0.4, -0.2) is 63.3 Å². The van der Waals surface area contributed by atoms with Crippen LogP contribution in [0.4, 0.5) is 0 Å². The second-order valence-corrected chi connectivity index (χ2v) is 5.13. The molecule has 0 unspecified atom stereocenters. The van der Waals surface area contributed by atoms with E-state index in [1.54, 1.807) is 0 Å². The van der Waals surface area contributed by atoms with E-state index in [2.05, 4.69) is 15.5 Å². The van der Waals surface area contributed by atoms with E-state index in [0.717, 1.165) is 37.7 Å². The molecule has 1 fully saturated rings. The van der Waals surface area contributed by atoms with Crippen LogP contribution < -0.4 is 20.1 Å². The van der Waals surface area contributed by atoms with Gasteiger partial charge in [-0.05, 0) is 31.2 Å². The number of hydrogen-bond acceptors (Lipinski definition) is 5. The first-order valence-corrected chi connectivity index (χ1v) is 7.83. The SMILES string of the molecule is CCOc1ccc(OCCNC(=O)CN2CCNCC2)cc1. The number of amides is 1. The van der Waals surface area contributed by atoms with Crippen molar-refractivity contribution < 1.29 is 14.3 Å². The van der Waals surface area contributed by atoms with Crippen LogP contribution in [0.3, 0.4) is 0 Å². The lowest BCUT2D eigenvalue weighted by Crippen LogP contribution is -2.47. The van der Waals surface area contributed by atoms with Crippen molar-refractivity contribution in [1.82, 2.24) is 15.5 Å². The highest BCUT2D eigenvalue weighted by molar-refractivity contribution is 5.78. The van der Waals surface area contributed by atoms with Gasteiger partial charge in [-0.1, -0.05) is 0 Å². The second-order valence-electron chi connectivity index (χ2n) is 5.13. The maximum atomic E-state index is 11.8. The Morgan fingerprint density at radius 3 is 2.45 bits per heavy atom. The summed E-state index contributed by atoms with van der Waals surface area (Å²) in [4.78, 5) is 13.9. The predicted molar refractivity (Wildman–Crippen MR) is 85.4 cm³/mol. The van der Waals surface area contributed by atoms with Crippen LogP contribution in [0.2, 0.25) is 0 Å². The fourth-order valence-corrected chi connectivity index (χ4v) is 2.29. The van der Waals surface area contributed by atoms with Crippen molar-refractivity contribution in [3.05, 3.63) is 24.3 Å². The first-order chi connectivity index (χ1) is 10.8. The molecule has 1 aromatic carbocycles. The zero-order valence-electron chi connectivity index (χ0n) is 13.1. The third-order valence-corrected chi connectivity index (χ3v) is 3.40. The summed E-state index contributed by atoms with van der Waals surface area (Å²) in [6, 6.07) is 7.49. The van der Waals surface area contributed by atoms with Gasteiger partial charge < -0.3 is 20.1 Å². The number of ether oxygens (including phenoxy) is 2. The Bertz CT molecular complexity index is 444. The molecule has 1 aromatic rings. The van der Waals surface area contributed by atoms with Crippen molar-refractivity contribution in [3.8, 4) is 11.5 Å². The molecule has 22 heavy (non-hydrogen) atoms. The molecule has 1 heterocycles. The Morgan fingerprint density at radius 2 is 1.82 bits per heavy atom. The van der Waals surface area contributed by atoms with Gasteiger partial charge in [-0.15, -0.1) is 0 Å². The number of carbonyl (C=O) groups excluding carboxylic acids is 1. The number of benzene rings is 1. The smallest absolute Gasteiger partial charge is 0.234 e. The lowest BCUT2D eigenvalue weighted by Gasteiger charge is -2.26. The van der Waals surface area contributed by atoms with Crippen LogP contribution in [0.15, 0.2) is 24.3 Å². The van der Waals surface area contributed by atoms with E-state index in [1.807, 2.05) is 31.2 Å². The summed E-state index contributed by atoms with van der Waals surface area (Å²) >= 11 is 0. The number of nitrogens with zero attached hydrogens (tertiary/aromatic N) is 1. The summed E-state index contributed by atoms with van der Waals surface area (Å²) in [7, 11) is 0. The van der Waals surface area contributed by atoms with Crippen molar-refractivity contribution in [2.75, 3.05) is 52.5 Å². The molecule has 1 aliphatic rings. The third-order valence-electron chi connectivity index (χ3n) is 3.40. The Labute approximate surface area is 131 Å². The molecular weight excluding hydrogens is 282 g/mol. The first kappa shape index (κ1) is 16.6. The molecule has 2 rings (SSSR count). The molecule has 6 nitrogen and oxygen atoms in total. The van der Waals surface area contributed by atoms with E-state index < -0.39 is 0 Å². The van der Waals surface area contributed by atoms with E-state index in [-0.39, 0.29) is 5.91 Å². The number of hydrogen-bond donors (Lipinski definition) is 2. The lowest BCUT2D eigenvalue weighted by atomic mass is 10.3. The van der Waals surface area contributed by atoms with Gasteiger partial charge in [0.05, 0.1) is 19.7 Å². The molecule has 2 N–H and O–H groups in total. The van der Waals surface area contributed by atoms with Crippen LogP contribution in [0.5, 0.6) is 11.5 Å². The van der Waals surface area contributed by atoms with Crippen molar-refractivity contribution in [1.29, 1.82) is 0 Å². The van der Waals surface area contributed by atoms with Gasteiger partial charge in [0.15, 0.2) is 0 Å². The minimum absolute atomic E-state index is 0.0530. The van der Waals surface area contributed by atoms with Crippen LogP contribution in [0, 0.1) is 0 Å². The highest BCUT2D eigenvalue weighted by Crippen LogP contribution is 2.17. The summed E-state index contributed by atoms with van der Waals surface area (Å²) in [6.45, 7) is 7.80. The summed E-state index contributed by atoms with van der Waals surface area (Å²) < 4.78 is 11.0. The molecule has 0 saturated carbocycles. The second kappa shape index (κ2) is 9.27. The average molecular weight is 307 g/mol. The topological polar surface area (TPSA) is 62.8 Å². The van der Waals surface area contributed by atoms with Crippen molar-refractivity contribution >= 4 is 5.91 Å². The minimum atomic E-state index is 0.0530. The van der Waals surface area contributed by atoms with Gasteiger partial charge in [0.1, 0.15) is 18.1 Å². The fraction of sp³-hybridized carbons (Fsp3) is 0.562. The number of nitrogens with one attached hydrogen (secondary N) is 2. The van der Waals surface area contributed by atoms with Crippen LogP contribution in [0.1, 0.15) is 6.92 Å². The third kappa shape index (κ3) is 5.91. The normalized spacial score (nSPS) is 15.3. The Hall–Kier alpha value is -1.79. The van der Waals surface area contributed by atoms with Crippen LogP contribution in [0.25, 0.3) is 0 Å². The monoisotopic (exact) mass is 307 g/mol. The van der Waals surface area contributed by atoms with Gasteiger partial charge in [-0.3, -0.25) is 9.69 Å². The molecule has 122 valence electrons. The van der Waals surface area contributed by atoms with E-state index in [0.29, 0.717) is 26.3 Å². The van der Waals surface area contributed by atoms with Gasteiger partial charge >= 0.3 is 0 Å². The van der Waals surface area contributed by atoms with Crippen LogP contribution >= 0.6 is 0 Å². The van der Waals surface area contributed by atoms with E-state index in [4.69, 9.17) is 9.47 Å². The summed E-state index contributed by atoms with van der Waals surface area (Å²) in [5.41, 5.74) is 0. The molecule has 0 atom stereocenters. The Morgan fingerprint density at radius 1 is 1.18 bits per heavy atom. The number of carbonyl (C=O) groups is 1. The summed E-state index contributed by atoms with van der Waals surface area (Å²) in [5.74, 6) is 1.66. The van der Waals surface area contributed by atoms with Gasteiger partial charge in [0, 0.05) is 26.2 Å². The van der Waals surface area contributed by atoms with Gasteiger partial charge in [-0.25, -0.2) is 0 Å². The first-order valence-electron chi connectivity index (χ1n) is 7.83. The molecule has 1 aliphatic heterocycles. The standard InChI is InChI=1S/C16H25N3O3/c1-2-21-14-3-5-15(6-4-14)22-12-9-18-16(20)13-19-10-7-17-8-11-19/h3-6,17H,2,7-13H2,1H3,(H,18,20). The van der Waals surface area contributed by atoms with E-state index in [1.165, 1.54) is 0 Å². The fourth-order valence-electron chi connectivity index (χ4n) is 2.29. The van der Waals surface area contributed by atoms with Crippen LogP contribution in [-0.2, 0) is 4.79 Å². The Kier molecular flexibility index (Phi) is 6.99. The lowest BCUT2D eigenvalue weighted by molar-refractivity contribution is -0.122. The number of piperazine rings is 1. The molecule has 1 amide bonds. The minimum Gasteiger partial charge on any atom is -0.494 e. The van der Waals surface area contributed by atoms with Crippen molar-refractivity contribution in [2.24, 2.45) is 0 Å². The van der Waals surface area contributed by atoms with Crippen molar-refractivity contribution in [2.45, 2.75) is 6.92 Å². The van der Waals surface area contributed by atoms with Gasteiger partial charge in [-0.2, -0.15) is 0 Å². The molecule has 0 spiro atoms. The van der Waals surface area contributed by atoms with Gasteiger partial charge in [0.2, 0.25) is 5.91 Å². The van der Waals surface area contributed by atoms with Crippen molar-refractivity contribution in [3.63, 3.8) is 0 Å². The molecule has 0 aromatic heterocycles. The maximum Gasteiger partial charge on any atom is 0.234 e. The Balaban J connectivity index is 1.58. The summed E-state index contributed by atoms with van der Waals surface area (Å²) in [5, 5.41) is 6.15. The largest absolute Gasteiger partial charge is 0.494 e. The molecule has 1 saturated heterocycles. The predicted octanol–water partition coefficient (Wildman–Crippen LogP) is 0.486. The number of rotatable bonds is 8. The zero-order chi connectivity index (χ0) is 15.6. The average Bonchev–Trinajstić information content (AvgIpc) is 2.54. The zero-order valence-corrected chi connectivity index (χ0v) is 13.1. The molecule has 0 aliphatic carbocycles. The maximum absolute atomic E-state index is 11.8. The molecule has 6 heteroatoms. The van der Waals surface area contributed by atoms with E-state index in [9.17, 15) is 4.79 Å². The summed E-state index contributed by atoms with van der Waals surface area (Å²) in [6.07, 6.45) is 0. The van der Waals surface area contributed by atoms with Gasteiger partial charge in [0.25, 0.3) is 0 Å².